The van der Waals surface area contributed by atoms with Crippen molar-refractivity contribution in [1.82, 2.24) is 14.5 Å². The Labute approximate surface area is 205 Å². The monoisotopic (exact) mass is 501 g/mol. The summed E-state index contributed by atoms with van der Waals surface area (Å²) in [6, 6.07) is 9.04. The molecule has 2 heterocycles. The van der Waals surface area contributed by atoms with E-state index in [-0.39, 0.29) is 5.82 Å². The van der Waals surface area contributed by atoms with Crippen molar-refractivity contribution in [3.8, 4) is 11.1 Å². The van der Waals surface area contributed by atoms with Gasteiger partial charge in [0.2, 0.25) is 0 Å². The van der Waals surface area contributed by atoms with E-state index in [4.69, 9.17) is 28.9 Å². The van der Waals surface area contributed by atoms with Crippen LogP contribution < -0.4 is 10.5 Å². The first-order valence-corrected chi connectivity index (χ1v) is 12.3. The first-order valence-electron chi connectivity index (χ1n) is 10.7. The van der Waals surface area contributed by atoms with Crippen LogP contribution in [0.5, 0.6) is 0 Å². The van der Waals surface area contributed by atoms with Crippen LogP contribution in [0.4, 0.5) is 15.9 Å². The Bertz CT molecular complexity index is 1350. The molecule has 2 aromatic carbocycles. The molecular formula is C24H22Cl2FN5S. The second kappa shape index (κ2) is 9.05. The average molecular weight is 502 g/mol. The summed E-state index contributed by atoms with van der Waals surface area (Å²) in [6.07, 6.45) is 8.14. The second-order valence-corrected chi connectivity index (χ2v) is 9.94. The van der Waals surface area contributed by atoms with E-state index in [0.29, 0.717) is 27.6 Å². The molecule has 4 aromatic rings. The van der Waals surface area contributed by atoms with Gasteiger partial charge in [-0.1, -0.05) is 42.1 Å². The molecule has 0 amide bonds. The number of aromatic nitrogens is 3. The molecule has 0 unspecified atom stereocenters. The lowest BCUT2D eigenvalue weighted by atomic mass is 10.1. The number of nitrogens with one attached hydrogen (secondary N) is 1. The Morgan fingerprint density at radius 1 is 1.12 bits per heavy atom. The van der Waals surface area contributed by atoms with E-state index in [1.165, 1.54) is 37.2 Å². The molecule has 1 saturated carbocycles. The van der Waals surface area contributed by atoms with Gasteiger partial charge in [-0.05, 0) is 67.1 Å². The van der Waals surface area contributed by atoms with E-state index in [9.17, 15) is 0 Å². The number of anilines is 2. The quantitative estimate of drug-likeness (QED) is 0.274. The van der Waals surface area contributed by atoms with E-state index in [0.717, 1.165) is 45.5 Å². The molecular weight excluding hydrogens is 480 g/mol. The number of fused-ring (bicyclic) bond motifs is 1. The number of nitrogens with two attached hydrogens (primary N) is 1. The maximum absolute atomic E-state index is 15.1. The van der Waals surface area contributed by atoms with Crippen molar-refractivity contribution in [2.45, 2.75) is 43.5 Å². The van der Waals surface area contributed by atoms with E-state index in [2.05, 4.69) is 19.3 Å². The first-order chi connectivity index (χ1) is 15.9. The van der Waals surface area contributed by atoms with Gasteiger partial charge in [0.1, 0.15) is 23.6 Å². The third-order valence-corrected chi connectivity index (χ3v) is 7.83. The highest BCUT2D eigenvalue weighted by molar-refractivity contribution is 8.00. The van der Waals surface area contributed by atoms with Gasteiger partial charge in [-0.2, -0.15) is 0 Å². The van der Waals surface area contributed by atoms with Crippen molar-refractivity contribution in [2.24, 2.45) is 0 Å². The number of rotatable bonds is 5. The van der Waals surface area contributed by atoms with Crippen LogP contribution in [0, 0.1) is 12.7 Å². The molecule has 5 nitrogen and oxygen atoms in total. The highest BCUT2D eigenvalue weighted by Gasteiger charge is 2.23. The van der Waals surface area contributed by atoms with Gasteiger partial charge in [-0.15, -0.1) is 0 Å². The highest BCUT2D eigenvalue weighted by Crippen LogP contribution is 2.40. The minimum atomic E-state index is -0.376. The number of nitrogen functional groups attached to an aromatic ring is 1. The normalized spacial score (nSPS) is 14.3. The molecule has 33 heavy (non-hydrogen) atoms. The number of halogens is 3. The Kier molecular flexibility index (Phi) is 6.12. The predicted molar refractivity (Wildman–Crippen MR) is 136 cm³/mol. The molecule has 2 aromatic heterocycles. The molecule has 0 spiro atoms. The largest absolute Gasteiger partial charge is 0.383 e. The van der Waals surface area contributed by atoms with Crippen LogP contribution in [-0.4, -0.2) is 14.5 Å². The fourth-order valence-corrected chi connectivity index (χ4v) is 5.65. The number of hydrogen-bond acceptors (Lipinski definition) is 5. The van der Waals surface area contributed by atoms with E-state index in [1.807, 2.05) is 25.3 Å². The minimum Gasteiger partial charge on any atom is -0.383 e. The smallest absolute Gasteiger partial charge is 0.147 e. The van der Waals surface area contributed by atoms with E-state index in [1.54, 1.807) is 12.1 Å². The summed E-state index contributed by atoms with van der Waals surface area (Å²) < 4.78 is 20.3. The van der Waals surface area contributed by atoms with Gasteiger partial charge in [0.15, 0.2) is 0 Å². The number of aryl methyl sites for hydroxylation is 1. The van der Waals surface area contributed by atoms with Crippen molar-refractivity contribution in [1.29, 1.82) is 0 Å². The lowest BCUT2D eigenvalue weighted by Gasteiger charge is -2.12. The van der Waals surface area contributed by atoms with Crippen molar-refractivity contribution >= 4 is 57.7 Å². The van der Waals surface area contributed by atoms with Crippen molar-refractivity contribution in [3.63, 3.8) is 0 Å². The van der Waals surface area contributed by atoms with Gasteiger partial charge in [0, 0.05) is 27.7 Å². The molecule has 0 saturated heterocycles. The third-order valence-electron chi connectivity index (χ3n) is 6.12. The Morgan fingerprint density at radius 2 is 1.91 bits per heavy atom. The van der Waals surface area contributed by atoms with Crippen molar-refractivity contribution in [2.75, 3.05) is 10.5 Å². The zero-order valence-electron chi connectivity index (χ0n) is 17.9. The molecule has 1 fully saturated rings. The van der Waals surface area contributed by atoms with Gasteiger partial charge >= 0.3 is 0 Å². The summed E-state index contributed by atoms with van der Waals surface area (Å²) in [5.41, 5.74) is 9.85. The number of nitrogens with zero attached hydrogens (tertiary/aromatic N) is 3. The summed E-state index contributed by atoms with van der Waals surface area (Å²) in [7, 11) is 0. The molecule has 9 heteroatoms. The maximum atomic E-state index is 15.1. The molecule has 0 bridgehead atoms. The van der Waals surface area contributed by atoms with Gasteiger partial charge < -0.3 is 15.0 Å². The molecule has 0 radical (unpaired) electrons. The van der Waals surface area contributed by atoms with Crippen LogP contribution in [0.2, 0.25) is 10.0 Å². The Hall–Kier alpha value is -2.48. The summed E-state index contributed by atoms with van der Waals surface area (Å²) in [6.45, 7) is 1.90. The van der Waals surface area contributed by atoms with Gasteiger partial charge in [-0.3, -0.25) is 0 Å². The molecule has 1 aliphatic carbocycles. The summed E-state index contributed by atoms with van der Waals surface area (Å²) in [5, 5.41) is 1.87. The zero-order chi connectivity index (χ0) is 23.1. The van der Waals surface area contributed by atoms with Crippen molar-refractivity contribution in [3.05, 3.63) is 64.3 Å². The van der Waals surface area contributed by atoms with Crippen LogP contribution in [0.15, 0.2) is 47.8 Å². The lowest BCUT2D eigenvalue weighted by molar-refractivity contribution is 0.532. The van der Waals surface area contributed by atoms with E-state index < -0.39 is 0 Å². The van der Waals surface area contributed by atoms with Gasteiger partial charge in [0.25, 0.3) is 0 Å². The first kappa shape index (κ1) is 22.3. The standard InChI is InChI=1S/C24H22Cl2FN5S/c1-13-8-21(18(26)10-17(13)25)33-31-20-7-6-14(9-19(20)27)16-11-32(15-4-2-3-5-15)24-22(16)23(28)29-12-30-24/h6-12,15,31H,2-5H2,1H3,(H2,28,29,30). The van der Waals surface area contributed by atoms with Gasteiger partial charge in [-0.25, -0.2) is 14.4 Å². The van der Waals surface area contributed by atoms with Gasteiger partial charge in [0.05, 0.1) is 16.1 Å². The minimum absolute atomic E-state index is 0.358. The Morgan fingerprint density at radius 3 is 2.67 bits per heavy atom. The maximum Gasteiger partial charge on any atom is 0.147 e. The van der Waals surface area contributed by atoms with Crippen LogP contribution in [0.1, 0.15) is 37.3 Å². The van der Waals surface area contributed by atoms with E-state index >= 15 is 4.39 Å². The lowest BCUT2D eigenvalue weighted by Crippen LogP contribution is -2.04. The summed E-state index contributed by atoms with van der Waals surface area (Å²) in [4.78, 5) is 9.45. The fraction of sp³-hybridized carbons (Fsp3) is 0.250. The second-order valence-electron chi connectivity index (χ2n) is 8.28. The zero-order valence-corrected chi connectivity index (χ0v) is 20.2. The molecule has 170 valence electrons. The molecule has 0 atom stereocenters. The molecule has 5 rings (SSSR count). The van der Waals surface area contributed by atoms with Crippen LogP contribution in [-0.2, 0) is 0 Å². The topological polar surface area (TPSA) is 68.8 Å². The molecule has 3 N–H and O–H groups in total. The number of hydrogen-bond donors (Lipinski definition) is 2. The fourth-order valence-electron chi connectivity index (χ4n) is 4.37. The molecule has 1 aliphatic rings. The summed E-state index contributed by atoms with van der Waals surface area (Å²) >= 11 is 13.6. The average Bonchev–Trinajstić information content (AvgIpc) is 3.44. The SMILES string of the molecule is Cc1cc(SNc2ccc(-c3cn(C4CCCC4)c4ncnc(N)c34)cc2F)c(Cl)cc1Cl. The summed E-state index contributed by atoms with van der Waals surface area (Å²) in [5.74, 6) is 0.0247. The Balaban J connectivity index is 1.47. The predicted octanol–water partition coefficient (Wildman–Crippen LogP) is 7.67. The van der Waals surface area contributed by atoms with Crippen molar-refractivity contribution < 1.29 is 4.39 Å². The number of benzene rings is 2. The van der Waals surface area contributed by atoms with Crippen LogP contribution >= 0.6 is 35.1 Å². The molecule has 0 aliphatic heterocycles. The third kappa shape index (κ3) is 4.25. The van der Waals surface area contributed by atoms with Crippen LogP contribution in [0.3, 0.4) is 0 Å². The van der Waals surface area contributed by atoms with Crippen LogP contribution in [0.25, 0.3) is 22.2 Å². The highest BCUT2D eigenvalue weighted by atomic mass is 35.5.